The maximum atomic E-state index is 5.52. The lowest BCUT2D eigenvalue weighted by Gasteiger charge is -2.06. The molecule has 0 aliphatic carbocycles. The number of aromatic amines is 1. The molecule has 2 rings (SSSR count). The van der Waals surface area contributed by atoms with E-state index in [1.165, 1.54) is 0 Å². The molecule has 0 unspecified atom stereocenters. The van der Waals surface area contributed by atoms with Crippen molar-refractivity contribution in [1.82, 2.24) is 9.97 Å². The molecule has 0 atom stereocenters. The maximum absolute atomic E-state index is 5.52. The number of hydrogen-bond donors (Lipinski definition) is 2. The van der Waals surface area contributed by atoms with Gasteiger partial charge in [0.2, 0.25) is 0 Å². The largest absolute Gasteiger partial charge is 0.496 e. The minimum Gasteiger partial charge on any atom is -0.496 e. The number of aromatic nitrogens is 2. The van der Waals surface area contributed by atoms with Crippen LogP contribution in [-0.4, -0.2) is 17.1 Å². The third kappa shape index (κ3) is 1.97. The Morgan fingerprint density at radius 2 is 2.27 bits per heavy atom. The van der Waals surface area contributed by atoms with E-state index >= 15 is 0 Å². The van der Waals surface area contributed by atoms with Crippen molar-refractivity contribution in [3.8, 4) is 17.0 Å². The number of benzene rings is 1. The summed E-state index contributed by atoms with van der Waals surface area (Å²) in [7, 11) is 1.63. The molecule has 0 aliphatic heterocycles. The number of halogens is 1. The lowest BCUT2D eigenvalue weighted by Crippen LogP contribution is -1.89. The first kappa shape index (κ1) is 10.0. The summed E-state index contributed by atoms with van der Waals surface area (Å²) in [5.74, 6) is 1.17. The van der Waals surface area contributed by atoms with Crippen LogP contribution in [0.2, 0.25) is 0 Å². The molecule has 0 fully saturated rings. The highest BCUT2D eigenvalue weighted by Gasteiger charge is 2.08. The van der Waals surface area contributed by atoms with Gasteiger partial charge in [-0.05, 0) is 18.2 Å². The SMILES string of the molecule is COc1cc(Br)ccc1-c1cnc(N)[nH]1. The quantitative estimate of drug-likeness (QED) is 0.879. The van der Waals surface area contributed by atoms with Crippen molar-refractivity contribution in [3.63, 3.8) is 0 Å². The van der Waals surface area contributed by atoms with Crippen molar-refractivity contribution in [2.75, 3.05) is 12.8 Å². The molecule has 0 spiro atoms. The molecule has 5 heteroatoms. The van der Waals surface area contributed by atoms with Crippen molar-refractivity contribution < 1.29 is 4.74 Å². The number of imidazole rings is 1. The van der Waals surface area contributed by atoms with E-state index in [2.05, 4.69) is 25.9 Å². The van der Waals surface area contributed by atoms with Crippen LogP contribution in [0, 0.1) is 0 Å². The molecule has 0 radical (unpaired) electrons. The number of H-pyrrole nitrogens is 1. The number of nitrogen functional groups attached to an aromatic ring is 1. The predicted molar refractivity (Wildman–Crippen MR) is 62.7 cm³/mol. The summed E-state index contributed by atoms with van der Waals surface area (Å²) in [4.78, 5) is 6.90. The van der Waals surface area contributed by atoms with E-state index in [0.29, 0.717) is 5.95 Å². The van der Waals surface area contributed by atoms with Crippen molar-refractivity contribution >= 4 is 21.9 Å². The molecule has 1 aromatic carbocycles. The minimum atomic E-state index is 0.398. The second kappa shape index (κ2) is 3.94. The zero-order valence-corrected chi connectivity index (χ0v) is 9.71. The predicted octanol–water partition coefficient (Wildman–Crippen LogP) is 2.43. The lowest BCUT2D eigenvalue weighted by atomic mass is 10.1. The molecule has 0 bridgehead atoms. The molecule has 0 amide bonds. The van der Waals surface area contributed by atoms with Gasteiger partial charge in [-0.25, -0.2) is 4.98 Å². The molecule has 15 heavy (non-hydrogen) atoms. The number of ether oxygens (including phenoxy) is 1. The highest BCUT2D eigenvalue weighted by atomic mass is 79.9. The van der Waals surface area contributed by atoms with Crippen molar-refractivity contribution in [2.24, 2.45) is 0 Å². The van der Waals surface area contributed by atoms with Crippen LogP contribution in [0.25, 0.3) is 11.3 Å². The highest BCUT2D eigenvalue weighted by molar-refractivity contribution is 9.10. The average molecular weight is 268 g/mol. The summed E-state index contributed by atoms with van der Waals surface area (Å²) in [5, 5.41) is 0. The van der Waals surface area contributed by atoms with Gasteiger partial charge in [-0.3, -0.25) is 0 Å². The Bertz CT molecular complexity index is 481. The van der Waals surface area contributed by atoms with Crippen LogP contribution in [0.15, 0.2) is 28.9 Å². The van der Waals surface area contributed by atoms with Gasteiger partial charge in [0.25, 0.3) is 0 Å². The zero-order chi connectivity index (χ0) is 10.8. The number of nitrogens with zero attached hydrogens (tertiary/aromatic N) is 1. The normalized spacial score (nSPS) is 10.3. The van der Waals surface area contributed by atoms with Gasteiger partial charge in [-0.15, -0.1) is 0 Å². The first-order valence-electron chi connectivity index (χ1n) is 4.35. The van der Waals surface area contributed by atoms with Gasteiger partial charge in [-0.1, -0.05) is 15.9 Å². The van der Waals surface area contributed by atoms with E-state index in [0.717, 1.165) is 21.5 Å². The number of rotatable bonds is 2. The standard InChI is InChI=1S/C10H10BrN3O/c1-15-9-4-6(11)2-3-7(9)8-5-13-10(12)14-8/h2-5H,1H3,(H3,12,13,14). The minimum absolute atomic E-state index is 0.398. The monoisotopic (exact) mass is 267 g/mol. The Labute approximate surface area is 95.6 Å². The van der Waals surface area contributed by atoms with E-state index in [9.17, 15) is 0 Å². The molecular formula is C10H10BrN3O. The van der Waals surface area contributed by atoms with E-state index in [1.54, 1.807) is 13.3 Å². The van der Waals surface area contributed by atoms with Gasteiger partial charge in [0, 0.05) is 10.0 Å². The molecule has 78 valence electrons. The van der Waals surface area contributed by atoms with Crippen molar-refractivity contribution in [2.45, 2.75) is 0 Å². The van der Waals surface area contributed by atoms with Gasteiger partial charge < -0.3 is 15.5 Å². The number of methoxy groups -OCH3 is 1. The molecule has 1 heterocycles. The van der Waals surface area contributed by atoms with Crippen LogP contribution in [0.4, 0.5) is 5.95 Å². The fourth-order valence-electron chi connectivity index (χ4n) is 1.36. The fourth-order valence-corrected chi connectivity index (χ4v) is 1.70. The fraction of sp³-hybridized carbons (Fsp3) is 0.100. The Balaban J connectivity index is 2.52. The van der Waals surface area contributed by atoms with Crippen LogP contribution in [-0.2, 0) is 0 Å². The van der Waals surface area contributed by atoms with Crippen LogP contribution >= 0.6 is 15.9 Å². The first-order valence-corrected chi connectivity index (χ1v) is 5.14. The third-order valence-corrected chi connectivity index (χ3v) is 2.54. The Morgan fingerprint density at radius 1 is 1.47 bits per heavy atom. The second-order valence-electron chi connectivity index (χ2n) is 3.03. The summed E-state index contributed by atoms with van der Waals surface area (Å²) in [5.41, 5.74) is 7.30. The van der Waals surface area contributed by atoms with Crippen LogP contribution in [0.1, 0.15) is 0 Å². The number of anilines is 1. The van der Waals surface area contributed by atoms with E-state index in [-0.39, 0.29) is 0 Å². The molecule has 2 aromatic rings. The number of nitrogens with one attached hydrogen (secondary N) is 1. The summed E-state index contributed by atoms with van der Waals surface area (Å²) in [6.45, 7) is 0. The van der Waals surface area contributed by atoms with Gasteiger partial charge in [-0.2, -0.15) is 0 Å². The molecule has 0 saturated heterocycles. The van der Waals surface area contributed by atoms with E-state index in [1.807, 2.05) is 18.2 Å². The summed E-state index contributed by atoms with van der Waals surface area (Å²) in [6, 6.07) is 5.77. The first-order chi connectivity index (χ1) is 7.20. The van der Waals surface area contributed by atoms with Gasteiger partial charge >= 0.3 is 0 Å². The highest BCUT2D eigenvalue weighted by Crippen LogP contribution is 2.31. The van der Waals surface area contributed by atoms with Gasteiger partial charge in [0.15, 0.2) is 5.95 Å². The van der Waals surface area contributed by atoms with Crippen molar-refractivity contribution in [1.29, 1.82) is 0 Å². The topological polar surface area (TPSA) is 63.9 Å². The number of hydrogen-bond acceptors (Lipinski definition) is 3. The van der Waals surface area contributed by atoms with Crippen LogP contribution in [0.3, 0.4) is 0 Å². The molecule has 3 N–H and O–H groups in total. The van der Waals surface area contributed by atoms with Crippen molar-refractivity contribution in [3.05, 3.63) is 28.9 Å². The van der Waals surface area contributed by atoms with Crippen LogP contribution < -0.4 is 10.5 Å². The number of nitrogens with two attached hydrogens (primary N) is 1. The average Bonchev–Trinajstić information content (AvgIpc) is 2.64. The van der Waals surface area contributed by atoms with Gasteiger partial charge in [0.05, 0.1) is 19.0 Å². The summed E-state index contributed by atoms with van der Waals surface area (Å²) >= 11 is 3.38. The van der Waals surface area contributed by atoms with E-state index < -0.39 is 0 Å². The van der Waals surface area contributed by atoms with Crippen LogP contribution in [0.5, 0.6) is 5.75 Å². The molecule has 0 saturated carbocycles. The molecule has 4 nitrogen and oxygen atoms in total. The van der Waals surface area contributed by atoms with Gasteiger partial charge in [0.1, 0.15) is 5.75 Å². The molecular weight excluding hydrogens is 258 g/mol. The zero-order valence-electron chi connectivity index (χ0n) is 8.12. The summed E-state index contributed by atoms with van der Waals surface area (Å²) < 4.78 is 6.24. The molecule has 1 aromatic heterocycles. The Morgan fingerprint density at radius 3 is 2.87 bits per heavy atom. The molecule has 0 aliphatic rings. The Kier molecular flexibility index (Phi) is 2.64. The second-order valence-corrected chi connectivity index (χ2v) is 3.94. The maximum Gasteiger partial charge on any atom is 0.197 e. The lowest BCUT2D eigenvalue weighted by molar-refractivity contribution is 0.416. The van der Waals surface area contributed by atoms with E-state index in [4.69, 9.17) is 10.5 Å². The Hall–Kier alpha value is -1.49. The smallest absolute Gasteiger partial charge is 0.197 e. The third-order valence-electron chi connectivity index (χ3n) is 2.05. The summed E-state index contributed by atoms with van der Waals surface area (Å²) in [6.07, 6.45) is 1.68.